The second-order valence-corrected chi connectivity index (χ2v) is 8.93. The van der Waals surface area contributed by atoms with Crippen LogP contribution in [0.5, 0.6) is 0 Å². The highest BCUT2D eigenvalue weighted by Gasteiger charge is 2.62. The summed E-state index contributed by atoms with van der Waals surface area (Å²) in [5.41, 5.74) is -0.261. The first-order chi connectivity index (χ1) is 14.8. The van der Waals surface area contributed by atoms with Crippen LogP contribution < -0.4 is 4.90 Å². The molecule has 0 spiro atoms. The highest BCUT2D eigenvalue weighted by molar-refractivity contribution is 9.10. The third-order valence-electron chi connectivity index (χ3n) is 5.38. The van der Waals surface area contributed by atoms with Crippen LogP contribution in [-0.2, 0) is 16.0 Å². The van der Waals surface area contributed by atoms with Crippen molar-refractivity contribution in [2.45, 2.75) is 24.8 Å². The molecular weight excluding hydrogens is 511 g/mol. The van der Waals surface area contributed by atoms with E-state index < -0.39 is 23.6 Å². The molecular formula is C20H17BrCl2N4O4. The van der Waals surface area contributed by atoms with Gasteiger partial charge in [-0.25, -0.2) is 29.5 Å². The molecule has 8 nitrogen and oxygen atoms in total. The molecule has 4 amide bonds. The maximum Gasteiger partial charge on any atom is 0.428 e. The van der Waals surface area contributed by atoms with Crippen molar-refractivity contribution in [2.24, 2.45) is 0 Å². The zero-order valence-corrected chi connectivity index (χ0v) is 19.4. The standard InChI is InChI=1S/C20H17BrCl2N4O4/c1-31-19(30)25-8-2-7-20(11-12-3-5-13(21)6-4-12)17(28)26(18(29)27(20)25)14-9-15(22)24-16(23)10-14/h3-6,9-10H,2,7-8,11H2,1H3. The number of carbonyl (C=O) groups excluding carboxylic acids is 3. The smallest absolute Gasteiger partial charge is 0.428 e. The molecule has 31 heavy (non-hydrogen) atoms. The van der Waals surface area contributed by atoms with Crippen LogP contribution in [0.1, 0.15) is 18.4 Å². The van der Waals surface area contributed by atoms with E-state index in [4.69, 9.17) is 27.9 Å². The number of hydrogen-bond acceptors (Lipinski definition) is 5. The highest BCUT2D eigenvalue weighted by Crippen LogP contribution is 2.42. The normalized spacial score (nSPS) is 20.8. The van der Waals surface area contributed by atoms with E-state index in [-0.39, 0.29) is 29.0 Å². The molecule has 0 radical (unpaired) electrons. The summed E-state index contributed by atoms with van der Waals surface area (Å²) in [6.07, 6.45) is 0.409. The zero-order valence-electron chi connectivity index (χ0n) is 16.3. The minimum atomic E-state index is -1.29. The van der Waals surface area contributed by atoms with Crippen LogP contribution in [0, 0.1) is 0 Å². The molecule has 0 aliphatic carbocycles. The number of benzene rings is 1. The number of rotatable bonds is 3. The van der Waals surface area contributed by atoms with Crippen molar-refractivity contribution in [3.63, 3.8) is 0 Å². The molecule has 3 heterocycles. The number of carbonyl (C=O) groups is 3. The number of ether oxygens (including phenoxy) is 1. The maximum atomic E-state index is 13.8. The number of nitrogens with zero attached hydrogens (tertiary/aromatic N) is 4. The van der Waals surface area contributed by atoms with Gasteiger partial charge in [0.15, 0.2) is 0 Å². The minimum absolute atomic E-state index is 0.0414. The van der Waals surface area contributed by atoms with Gasteiger partial charge < -0.3 is 4.74 Å². The molecule has 162 valence electrons. The van der Waals surface area contributed by atoms with Crippen molar-refractivity contribution >= 4 is 62.9 Å². The van der Waals surface area contributed by atoms with Crippen LogP contribution in [0.4, 0.5) is 15.3 Å². The second kappa shape index (κ2) is 8.29. The molecule has 1 atom stereocenters. The Morgan fingerprint density at radius 2 is 1.84 bits per heavy atom. The number of methoxy groups -OCH3 is 1. The van der Waals surface area contributed by atoms with Crippen LogP contribution in [-0.4, -0.2) is 52.2 Å². The number of halogens is 3. The zero-order chi connectivity index (χ0) is 22.3. The predicted octanol–water partition coefficient (Wildman–Crippen LogP) is 4.68. The summed E-state index contributed by atoms with van der Waals surface area (Å²) in [5, 5.41) is 2.49. The summed E-state index contributed by atoms with van der Waals surface area (Å²) in [6.45, 7) is 0.249. The number of fused-ring (bicyclic) bond motifs is 1. The lowest BCUT2D eigenvalue weighted by Crippen LogP contribution is -2.63. The van der Waals surface area contributed by atoms with E-state index in [9.17, 15) is 14.4 Å². The van der Waals surface area contributed by atoms with Gasteiger partial charge in [0, 0.05) is 17.4 Å². The molecule has 0 saturated carbocycles. The van der Waals surface area contributed by atoms with E-state index in [1.54, 1.807) is 0 Å². The average Bonchev–Trinajstić information content (AvgIpc) is 2.95. The van der Waals surface area contributed by atoms with E-state index in [1.165, 1.54) is 29.3 Å². The lowest BCUT2D eigenvalue weighted by molar-refractivity contribution is -0.136. The van der Waals surface area contributed by atoms with Crippen molar-refractivity contribution in [1.29, 1.82) is 0 Å². The molecule has 2 aliphatic heterocycles. The lowest BCUT2D eigenvalue weighted by atomic mass is 9.84. The number of pyridine rings is 1. The Labute approximate surface area is 196 Å². The van der Waals surface area contributed by atoms with Gasteiger partial charge in [-0.2, -0.15) is 0 Å². The molecule has 2 aliphatic rings. The Morgan fingerprint density at radius 3 is 2.45 bits per heavy atom. The van der Waals surface area contributed by atoms with E-state index in [1.807, 2.05) is 24.3 Å². The Morgan fingerprint density at radius 1 is 1.19 bits per heavy atom. The van der Waals surface area contributed by atoms with Gasteiger partial charge in [-0.15, -0.1) is 0 Å². The van der Waals surface area contributed by atoms with Crippen molar-refractivity contribution in [3.8, 4) is 0 Å². The quantitative estimate of drug-likeness (QED) is 0.427. The summed E-state index contributed by atoms with van der Waals surface area (Å²) in [6, 6.07) is 9.56. The molecule has 2 aromatic rings. The molecule has 0 N–H and O–H groups in total. The first-order valence-corrected chi connectivity index (χ1v) is 10.9. The topological polar surface area (TPSA) is 83.0 Å². The summed E-state index contributed by atoms with van der Waals surface area (Å²) in [7, 11) is 1.23. The SMILES string of the molecule is COC(=O)N1CCCC2(Cc3ccc(Br)cc3)C(=O)N(c3cc(Cl)nc(Cl)c3)C(=O)N12. The summed E-state index contributed by atoms with van der Waals surface area (Å²) in [4.78, 5) is 44.7. The van der Waals surface area contributed by atoms with Crippen molar-refractivity contribution < 1.29 is 19.1 Å². The molecule has 1 unspecified atom stereocenters. The number of hydrazine groups is 1. The fraction of sp³-hybridized carbons (Fsp3) is 0.300. The van der Waals surface area contributed by atoms with Gasteiger partial charge in [-0.3, -0.25) is 4.79 Å². The maximum absolute atomic E-state index is 13.8. The number of amides is 4. The Kier molecular flexibility index (Phi) is 5.85. The van der Waals surface area contributed by atoms with Gasteiger partial charge in [0.1, 0.15) is 15.8 Å². The van der Waals surface area contributed by atoms with Gasteiger partial charge in [-0.05, 0) is 42.7 Å². The number of imide groups is 1. The van der Waals surface area contributed by atoms with Gasteiger partial charge in [0.25, 0.3) is 5.91 Å². The molecule has 11 heteroatoms. The Hall–Kier alpha value is -2.36. The molecule has 2 saturated heterocycles. The molecule has 2 fully saturated rings. The van der Waals surface area contributed by atoms with Crippen molar-refractivity contribution in [2.75, 3.05) is 18.6 Å². The molecule has 4 rings (SSSR count). The minimum Gasteiger partial charge on any atom is -0.452 e. The van der Waals surface area contributed by atoms with Crippen LogP contribution >= 0.6 is 39.1 Å². The number of hydrogen-bond donors (Lipinski definition) is 0. The van der Waals surface area contributed by atoms with Crippen molar-refractivity contribution in [3.05, 3.63) is 56.7 Å². The van der Waals surface area contributed by atoms with Gasteiger partial charge >= 0.3 is 12.1 Å². The monoisotopic (exact) mass is 526 g/mol. The highest BCUT2D eigenvalue weighted by atomic mass is 79.9. The molecule has 1 aromatic heterocycles. The largest absolute Gasteiger partial charge is 0.452 e. The Bertz CT molecular complexity index is 1050. The molecule has 1 aromatic carbocycles. The molecule has 0 bridgehead atoms. The third kappa shape index (κ3) is 3.75. The number of anilines is 1. The van der Waals surface area contributed by atoms with Gasteiger partial charge in [-0.1, -0.05) is 51.3 Å². The summed E-state index contributed by atoms with van der Waals surface area (Å²) < 4.78 is 5.77. The van der Waals surface area contributed by atoms with Gasteiger partial charge in [0.05, 0.1) is 12.8 Å². The van der Waals surface area contributed by atoms with E-state index in [0.29, 0.717) is 12.8 Å². The van der Waals surface area contributed by atoms with Crippen LogP contribution in [0.25, 0.3) is 0 Å². The van der Waals surface area contributed by atoms with E-state index in [2.05, 4.69) is 20.9 Å². The first kappa shape index (κ1) is 21.9. The lowest BCUT2D eigenvalue weighted by Gasteiger charge is -2.44. The van der Waals surface area contributed by atoms with Crippen molar-refractivity contribution in [1.82, 2.24) is 15.0 Å². The van der Waals surface area contributed by atoms with Gasteiger partial charge in [0.2, 0.25) is 0 Å². The summed E-state index contributed by atoms with van der Waals surface area (Å²) in [5.74, 6) is -0.465. The van der Waals surface area contributed by atoms with E-state index >= 15 is 0 Å². The predicted molar refractivity (Wildman–Crippen MR) is 118 cm³/mol. The number of urea groups is 1. The number of aromatic nitrogens is 1. The fourth-order valence-electron chi connectivity index (χ4n) is 4.10. The average molecular weight is 528 g/mol. The third-order valence-corrected chi connectivity index (χ3v) is 6.30. The van der Waals surface area contributed by atoms with Crippen LogP contribution in [0.3, 0.4) is 0 Å². The van der Waals surface area contributed by atoms with E-state index in [0.717, 1.165) is 14.9 Å². The Balaban J connectivity index is 1.84. The first-order valence-electron chi connectivity index (χ1n) is 9.38. The fourth-order valence-corrected chi connectivity index (χ4v) is 4.81. The summed E-state index contributed by atoms with van der Waals surface area (Å²) >= 11 is 15.4. The van der Waals surface area contributed by atoms with Crippen LogP contribution in [0.15, 0.2) is 40.9 Å². The van der Waals surface area contributed by atoms with Crippen LogP contribution in [0.2, 0.25) is 10.3 Å². The second-order valence-electron chi connectivity index (χ2n) is 7.24.